The molecular formula is C14H24N4O2. The minimum atomic E-state index is 0.144. The van der Waals surface area contributed by atoms with Gasteiger partial charge in [0.25, 0.3) is 0 Å². The number of hydrogen-bond donors (Lipinski definition) is 1. The van der Waals surface area contributed by atoms with Gasteiger partial charge in [0.15, 0.2) is 5.82 Å². The third kappa shape index (κ3) is 4.03. The summed E-state index contributed by atoms with van der Waals surface area (Å²) in [5.41, 5.74) is 0. The minimum absolute atomic E-state index is 0.144. The first-order chi connectivity index (χ1) is 9.56. The summed E-state index contributed by atoms with van der Waals surface area (Å²) in [6.07, 6.45) is 3.01. The van der Waals surface area contributed by atoms with Crippen molar-refractivity contribution in [3.63, 3.8) is 0 Å². The second-order valence-corrected chi connectivity index (χ2v) is 5.77. The summed E-state index contributed by atoms with van der Waals surface area (Å²) in [5, 5.41) is 7.22. The van der Waals surface area contributed by atoms with Gasteiger partial charge in [0.2, 0.25) is 11.8 Å². The Morgan fingerprint density at radius 1 is 1.60 bits per heavy atom. The maximum absolute atomic E-state index is 12.2. The maximum atomic E-state index is 12.2. The van der Waals surface area contributed by atoms with Gasteiger partial charge in [-0.1, -0.05) is 12.1 Å². The maximum Gasteiger partial charge on any atom is 0.223 e. The molecule has 1 N–H and O–H groups in total. The number of amides is 1. The van der Waals surface area contributed by atoms with Gasteiger partial charge in [0.05, 0.1) is 6.54 Å². The van der Waals surface area contributed by atoms with E-state index < -0.39 is 0 Å². The van der Waals surface area contributed by atoms with E-state index in [1.54, 1.807) is 18.9 Å². The number of nitrogens with zero attached hydrogens (tertiary/aromatic N) is 3. The van der Waals surface area contributed by atoms with E-state index in [0.29, 0.717) is 36.5 Å². The standard InChI is InChI=1S/C14H24N4O2/c1-10(12-5-4-6-15-8-12)7-14(19)18(3)9-13-16-11(2)20-17-13/h10,12,15H,4-9H2,1-3H3. The zero-order valence-corrected chi connectivity index (χ0v) is 12.6. The molecule has 1 amide bonds. The molecule has 0 aromatic carbocycles. The van der Waals surface area contributed by atoms with E-state index in [0.717, 1.165) is 13.1 Å². The molecule has 1 aromatic rings. The summed E-state index contributed by atoms with van der Waals surface area (Å²) in [5.74, 6) is 2.25. The Morgan fingerprint density at radius 3 is 3.00 bits per heavy atom. The number of aryl methyl sites for hydroxylation is 1. The fraction of sp³-hybridized carbons (Fsp3) is 0.786. The van der Waals surface area contributed by atoms with Crippen LogP contribution in [0, 0.1) is 18.8 Å². The largest absolute Gasteiger partial charge is 0.340 e. The van der Waals surface area contributed by atoms with Gasteiger partial charge < -0.3 is 14.7 Å². The molecule has 0 saturated carbocycles. The van der Waals surface area contributed by atoms with Gasteiger partial charge in [-0.25, -0.2) is 0 Å². The van der Waals surface area contributed by atoms with Crippen LogP contribution in [0.3, 0.4) is 0 Å². The predicted octanol–water partition coefficient (Wildman–Crippen LogP) is 1.36. The Morgan fingerprint density at radius 2 is 2.40 bits per heavy atom. The van der Waals surface area contributed by atoms with Gasteiger partial charge in [0.1, 0.15) is 0 Å². The first-order valence-electron chi connectivity index (χ1n) is 7.30. The molecule has 0 bridgehead atoms. The van der Waals surface area contributed by atoms with Crippen molar-refractivity contribution in [2.45, 2.75) is 39.7 Å². The van der Waals surface area contributed by atoms with Crippen LogP contribution in [0.15, 0.2) is 4.52 Å². The van der Waals surface area contributed by atoms with Crippen LogP contribution in [-0.4, -0.2) is 41.1 Å². The lowest BCUT2D eigenvalue weighted by Crippen LogP contribution is -2.36. The number of hydrogen-bond acceptors (Lipinski definition) is 5. The Bertz CT molecular complexity index is 440. The van der Waals surface area contributed by atoms with Crippen molar-refractivity contribution in [3.05, 3.63) is 11.7 Å². The van der Waals surface area contributed by atoms with Crippen LogP contribution < -0.4 is 5.32 Å². The van der Waals surface area contributed by atoms with Gasteiger partial charge in [-0.15, -0.1) is 0 Å². The van der Waals surface area contributed by atoms with E-state index >= 15 is 0 Å². The lowest BCUT2D eigenvalue weighted by molar-refractivity contribution is -0.131. The molecule has 2 unspecified atom stereocenters. The molecule has 1 aromatic heterocycles. The fourth-order valence-electron chi connectivity index (χ4n) is 2.67. The normalized spacial score (nSPS) is 20.6. The van der Waals surface area contributed by atoms with Crippen molar-refractivity contribution < 1.29 is 9.32 Å². The Kier molecular flexibility index (Phi) is 5.11. The molecule has 20 heavy (non-hydrogen) atoms. The monoisotopic (exact) mass is 280 g/mol. The molecular weight excluding hydrogens is 256 g/mol. The van der Waals surface area contributed by atoms with Gasteiger partial charge in [-0.2, -0.15) is 4.98 Å². The molecule has 1 aliphatic heterocycles. The van der Waals surface area contributed by atoms with E-state index in [1.165, 1.54) is 12.8 Å². The number of carbonyl (C=O) groups excluding carboxylic acids is 1. The van der Waals surface area contributed by atoms with Crippen LogP contribution in [0.25, 0.3) is 0 Å². The van der Waals surface area contributed by atoms with Crippen LogP contribution in [0.2, 0.25) is 0 Å². The third-order valence-corrected chi connectivity index (χ3v) is 4.01. The Balaban J connectivity index is 1.80. The van der Waals surface area contributed by atoms with E-state index in [-0.39, 0.29) is 5.91 Å². The van der Waals surface area contributed by atoms with Crippen molar-refractivity contribution in [2.75, 3.05) is 20.1 Å². The molecule has 1 aliphatic rings. The van der Waals surface area contributed by atoms with E-state index in [2.05, 4.69) is 22.4 Å². The summed E-state index contributed by atoms with van der Waals surface area (Å²) >= 11 is 0. The van der Waals surface area contributed by atoms with Gasteiger partial charge in [-0.3, -0.25) is 4.79 Å². The van der Waals surface area contributed by atoms with Crippen molar-refractivity contribution in [3.8, 4) is 0 Å². The summed E-state index contributed by atoms with van der Waals surface area (Å²) in [6.45, 7) is 6.46. The van der Waals surface area contributed by atoms with Gasteiger partial charge in [0, 0.05) is 20.4 Å². The average Bonchev–Trinajstić information content (AvgIpc) is 2.85. The van der Waals surface area contributed by atoms with E-state index in [1.807, 2.05) is 0 Å². The highest BCUT2D eigenvalue weighted by atomic mass is 16.5. The van der Waals surface area contributed by atoms with Gasteiger partial charge >= 0.3 is 0 Å². The first-order valence-corrected chi connectivity index (χ1v) is 7.30. The fourth-order valence-corrected chi connectivity index (χ4v) is 2.67. The first kappa shape index (κ1) is 15.0. The number of carbonyl (C=O) groups is 1. The molecule has 1 fully saturated rings. The number of nitrogens with one attached hydrogen (secondary N) is 1. The smallest absolute Gasteiger partial charge is 0.223 e. The highest BCUT2D eigenvalue weighted by Crippen LogP contribution is 2.23. The second kappa shape index (κ2) is 6.83. The summed E-state index contributed by atoms with van der Waals surface area (Å²) in [7, 11) is 1.79. The molecule has 2 heterocycles. The molecule has 0 spiro atoms. The molecule has 6 heteroatoms. The molecule has 0 radical (unpaired) electrons. The average molecular weight is 280 g/mol. The van der Waals surface area contributed by atoms with Crippen LogP contribution >= 0.6 is 0 Å². The number of rotatable bonds is 5. The van der Waals surface area contributed by atoms with Crippen molar-refractivity contribution >= 4 is 5.91 Å². The van der Waals surface area contributed by atoms with Crippen LogP contribution in [0.5, 0.6) is 0 Å². The molecule has 112 valence electrons. The van der Waals surface area contributed by atoms with E-state index in [4.69, 9.17) is 4.52 Å². The zero-order chi connectivity index (χ0) is 14.5. The Hall–Kier alpha value is -1.43. The Labute approximate surface area is 119 Å². The third-order valence-electron chi connectivity index (χ3n) is 4.01. The molecule has 0 aliphatic carbocycles. The lowest BCUT2D eigenvalue weighted by atomic mass is 9.85. The molecule has 2 rings (SSSR count). The number of piperidine rings is 1. The van der Waals surface area contributed by atoms with Gasteiger partial charge in [-0.05, 0) is 37.8 Å². The number of aromatic nitrogens is 2. The summed E-state index contributed by atoms with van der Waals surface area (Å²) in [4.78, 5) is 18.0. The molecule has 6 nitrogen and oxygen atoms in total. The summed E-state index contributed by atoms with van der Waals surface area (Å²) < 4.78 is 4.91. The topological polar surface area (TPSA) is 71.3 Å². The molecule has 2 atom stereocenters. The van der Waals surface area contributed by atoms with Crippen LogP contribution in [0.1, 0.15) is 37.9 Å². The predicted molar refractivity (Wildman–Crippen MR) is 74.9 cm³/mol. The SMILES string of the molecule is Cc1nc(CN(C)C(=O)CC(C)C2CCCNC2)no1. The quantitative estimate of drug-likeness (QED) is 0.882. The van der Waals surface area contributed by atoms with Crippen molar-refractivity contribution in [1.29, 1.82) is 0 Å². The van der Waals surface area contributed by atoms with Crippen LogP contribution in [-0.2, 0) is 11.3 Å². The summed E-state index contributed by atoms with van der Waals surface area (Å²) in [6, 6.07) is 0. The molecule has 1 saturated heterocycles. The van der Waals surface area contributed by atoms with Crippen molar-refractivity contribution in [2.24, 2.45) is 11.8 Å². The zero-order valence-electron chi connectivity index (χ0n) is 12.6. The lowest BCUT2D eigenvalue weighted by Gasteiger charge is -2.29. The van der Waals surface area contributed by atoms with E-state index in [9.17, 15) is 4.79 Å². The second-order valence-electron chi connectivity index (χ2n) is 5.77. The van der Waals surface area contributed by atoms with Crippen molar-refractivity contribution in [1.82, 2.24) is 20.4 Å². The highest BCUT2D eigenvalue weighted by Gasteiger charge is 2.23. The minimum Gasteiger partial charge on any atom is -0.340 e. The van der Waals surface area contributed by atoms with Crippen LogP contribution in [0.4, 0.5) is 0 Å². The highest BCUT2D eigenvalue weighted by molar-refractivity contribution is 5.76.